The number of nitrogens with zero attached hydrogens (tertiary/aromatic N) is 2. The topological polar surface area (TPSA) is 55.1 Å². The highest BCUT2D eigenvalue weighted by atomic mass is 16.3. The van der Waals surface area contributed by atoms with Gasteiger partial charge < -0.3 is 9.67 Å². The van der Waals surface area contributed by atoms with Crippen LogP contribution in [0.15, 0.2) is 120 Å². The summed E-state index contributed by atoms with van der Waals surface area (Å²) in [5.41, 5.74) is 6.65. The van der Waals surface area contributed by atoms with Gasteiger partial charge in [-0.25, -0.2) is 0 Å². The van der Waals surface area contributed by atoms with Crippen LogP contribution in [0.3, 0.4) is 0 Å². The van der Waals surface area contributed by atoms with Crippen molar-refractivity contribution in [3.63, 3.8) is 0 Å². The van der Waals surface area contributed by atoms with Crippen LogP contribution in [-0.4, -0.2) is 14.7 Å². The van der Waals surface area contributed by atoms with Crippen LogP contribution in [-0.2, 0) is 25.8 Å². The fourth-order valence-corrected chi connectivity index (χ4v) is 4.63. The van der Waals surface area contributed by atoms with E-state index in [1.165, 1.54) is 5.56 Å². The zero-order chi connectivity index (χ0) is 24.7. The Labute approximate surface area is 211 Å². The molecule has 0 aliphatic rings. The molecule has 2 aromatic heterocycles. The van der Waals surface area contributed by atoms with Crippen LogP contribution in [0.25, 0.3) is 11.3 Å². The normalized spacial score (nSPS) is 10.9. The molecule has 0 bridgehead atoms. The molecule has 5 rings (SSSR count). The molecule has 0 aliphatic carbocycles. The maximum atomic E-state index is 13.3. The Hall–Kier alpha value is -4.44. The first-order valence-electron chi connectivity index (χ1n) is 12.2. The third kappa shape index (κ3) is 5.44. The van der Waals surface area contributed by atoms with Crippen molar-refractivity contribution in [1.82, 2.24) is 9.55 Å². The van der Waals surface area contributed by atoms with Crippen molar-refractivity contribution in [2.75, 3.05) is 0 Å². The van der Waals surface area contributed by atoms with Gasteiger partial charge in [-0.15, -0.1) is 0 Å². The largest absolute Gasteiger partial charge is 0.503 e. The molecule has 0 unspecified atom stereocenters. The smallest absolute Gasteiger partial charge is 0.293 e. The van der Waals surface area contributed by atoms with Crippen LogP contribution in [0.2, 0.25) is 0 Å². The molecular weight excluding hydrogens is 444 g/mol. The number of benzene rings is 3. The second-order valence-corrected chi connectivity index (χ2v) is 8.96. The van der Waals surface area contributed by atoms with Crippen molar-refractivity contribution >= 4 is 0 Å². The fourth-order valence-electron chi connectivity index (χ4n) is 4.63. The predicted octanol–water partition coefficient (Wildman–Crippen LogP) is 6.04. The highest BCUT2D eigenvalue weighted by Gasteiger charge is 2.17. The number of aromatic hydroxyl groups is 1. The average molecular weight is 473 g/mol. The fraction of sp³-hybridized carbons (Fsp3) is 0.125. The van der Waals surface area contributed by atoms with Crippen LogP contribution in [0.1, 0.15) is 27.9 Å². The molecule has 178 valence electrons. The van der Waals surface area contributed by atoms with Crippen molar-refractivity contribution in [3.05, 3.63) is 154 Å². The minimum Gasteiger partial charge on any atom is -0.503 e. The molecule has 2 heterocycles. The van der Waals surface area contributed by atoms with E-state index in [1.54, 1.807) is 16.8 Å². The Bertz CT molecular complexity index is 1490. The molecule has 5 aromatic rings. The molecule has 0 saturated heterocycles. The zero-order valence-corrected chi connectivity index (χ0v) is 20.0. The molecule has 0 radical (unpaired) electrons. The highest BCUT2D eigenvalue weighted by molar-refractivity contribution is 5.65. The molecule has 0 fully saturated rings. The van der Waals surface area contributed by atoms with Crippen LogP contribution in [0, 0.1) is 0 Å². The Morgan fingerprint density at radius 2 is 1.28 bits per heavy atom. The van der Waals surface area contributed by atoms with E-state index >= 15 is 0 Å². The maximum absolute atomic E-state index is 13.3. The molecule has 0 spiro atoms. The third-order valence-electron chi connectivity index (χ3n) is 6.37. The highest BCUT2D eigenvalue weighted by Crippen LogP contribution is 2.28. The van der Waals surface area contributed by atoms with Crippen LogP contribution in [0.5, 0.6) is 5.75 Å². The summed E-state index contributed by atoms with van der Waals surface area (Å²) in [4.78, 5) is 17.9. The van der Waals surface area contributed by atoms with Crippen molar-refractivity contribution in [2.24, 2.45) is 0 Å². The zero-order valence-electron chi connectivity index (χ0n) is 20.0. The quantitative estimate of drug-likeness (QED) is 0.300. The van der Waals surface area contributed by atoms with Crippen molar-refractivity contribution in [2.45, 2.75) is 25.8 Å². The van der Waals surface area contributed by atoms with Gasteiger partial charge in [-0.1, -0.05) is 91.0 Å². The molecule has 1 N–H and O–H groups in total. The van der Waals surface area contributed by atoms with Gasteiger partial charge in [0.25, 0.3) is 5.56 Å². The summed E-state index contributed by atoms with van der Waals surface area (Å²) >= 11 is 0. The number of rotatable bonds is 8. The lowest BCUT2D eigenvalue weighted by Gasteiger charge is -2.19. The summed E-state index contributed by atoms with van der Waals surface area (Å²) in [5.74, 6) is -0.226. The number of aryl methyl sites for hydroxylation is 1. The summed E-state index contributed by atoms with van der Waals surface area (Å²) in [6.45, 7) is 0.463. The Balaban J connectivity index is 1.60. The molecule has 0 saturated carbocycles. The Morgan fingerprint density at radius 1 is 0.694 bits per heavy atom. The lowest BCUT2D eigenvalue weighted by Crippen LogP contribution is -2.24. The van der Waals surface area contributed by atoms with Crippen LogP contribution >= 0.6 is 0 Å². The first-order valence-corrected chi connectivity index (χ1v) is 12.2. The van der Waals surface area contributed by atoms with Gasteiger partial charge in [0.15, 0.2) is 5.75 Å². The molecule has 0 aliphatic heterocycles. The van der Waals surface area contributed by atoms with Crippen molar-refractivity contribution < 1.29 is 5.11 Å². The number of aromatic nitrogens is 2. The first kappa shape index (κ1) is 23.3. The monoisotopic (exact) mass is 472 g/mol. The second-order valence-electron chi connectivity index (χ2n) is 8.96. The number of hydrogen-bond acceptors (Lipinski definition) is 3. The first-order chi connectivity index (χ1) is 17.7. The van der Waals surface area contributed by atoms with Gasteiger partial charge in [0.1, 0.15) is 0 Å². The molecular formula is C32H28N2O2. The van der Waals surface area contributed by atoms with E-state index in [4.69, 9.17) is 0 Å². The summed E-state index contributed by atoms with van der Waals surface area (Å²) in [5, 5.41) is 10.6. The standard InChI is InChI=1S/C32H28N2O2/c35-30-23-28(20-25-12-6-2-7-13-25)31(34(32(30)36)19-17-24-10-4-1-5-11-24)27-16-18-33-29(22-27)21-26-14-8-3-9-15-26/h1-16,18,22-23,35H,17,19-21H2. The lowest BCUT2D eigenvalue weighted by molar-refractivity contribution is 0.456. The van der Waals surface area contributed by atoms with E-state index in [-0.39, 0.29) is 11.3 Å². The van der Waals surface area contributed by atoms with Gasteiger partial charge in [0, 0.05) is 30.4 Å². The van der Waals surface area contributed by atoms with Gasteiger partial charge in [0.2, 0.25) is 0 Å². The number of hydrogen-bond donors (Lipinski definition) is 1. The van der Waals surface area contributed by atoms with Crippen molar-refractivity contribution in [1.29, 1.82) is 0 Å². The molecule has 4 nitrogen and oxygen atoms in total. The summed E-state index contributed by atoms with van der Waals surface area (Å²) < 4.78 is 1.72. The SMILES string of the molecule is O=c1c(O)cc(Cc2ccccc2)c(-c2ccnc(Cc3ccccc3)c2)n1CCc1ccccc1. The molecule has 0 amide bonds. The number of pyridine rings is 2. The summed E-state index contributed by atoms with van der Waals surface area (Å²) in [6.07, 6.45) is 3.80. The minimum absolute atomic E-state index is 0.226. The van der Waals surface area contributed by atoms with E-state index in [1.807, 2.05) is 60.7 Å². The van der Waals surface area contributed by atoms with Crippen LogP contribution < -0.4 is 5.56 Å². The van der Waals surface area contributed by atoms with E-state index in [0.29, 0.717) is 25.8 Å². The predicted molar refractivity (Wildman–Crippen MR) is 144 cm³/mol. The van der Waals surface area contributed by atoms with Crippen LogP contribution in [0.4, 0.5) is 0 Å². The van der Waals surface area contributed by atoms with Gasteiger partial charge >= 0.3 is 0 Å². The average Bonchev–Trinajstić information content (AvgIpc) is 2.92. The minimum atomic E-state index is -0.376. The molecule has 36 heavy (non-hydrogen) atoms. The van der Waals surface area contributed by atoms with E-state index < -0.39 is 0 Å². The Morgan fingerprint density at radius 3 is 1.92 bits per heavy atom. The molecule has 4 heteroatoms. The van der Waals surface area contributed by atoms with E-state index in [2.05, 4.69) is 47.4 Å². The van der Waals surface area contributed by atoms with Gasteiger partial charge in [-0.05, 0) is 53.3 Å². The lowest BCUT2D eigenvalue weighted by atomic mass is 9.97. The molecule has 3 aromatic carbocycles. The van der Waals surface area contributed by atoms with E-state index in [0.717, 1.165) is 33.6 Å². The molecule has 0 atom stereocenters. The van der Waals surface area contributed by atoms with Gasteiger partial charge in [-0.2, -0.15) is 0 Å². The van der Waals surface area contributed by atoms with E-state index in [9.17, 15) is 9.90 Å². The second kappa shape index (κ2) is 10.9. The van der Waals surface area contributed by atoms with Gasteiger partial charge in [-0.3, -0.25) is 9.78 Å². The Kier molecular flexibility index (Phi) is 7.04. The van der Waals surface area contributed by atoms with Crippen molar-refractivity contribution in [3.8, 4) is 17.0 Å². The summed E-state index contributed by atoms with van der Waals surface area (Å²) in [6, 6.07) is 36.1. The maximum Gasteiger partial charge on any atom is 0.293 e. The van der Waals surface area contributed by atoms with Gasteiger partial charge in [0.05, 0.1) is 5.69 Å². The third-order valence-corrected chi connectivity index (χ3v) is 6.37. The summed E-state index contributed by atoms with van der Waals surface area (Å²) in [7, 11) is 0.